The third-order valence-corrected chi connectivity index (χ3v) is 2.70. The van der Waals surface area contributed by atoms with Gasteiger partial charge in [0.15, 0.2) is 0 Å². The van der Waals surface area contributed by atoms with Crippen LogP contribution in [0.4, 0.5) is 0 Å². The van der Waals surface area contributed by atoms with Crippen LogP contribution in [0.25, 0.3) is 0 Å². The highest BCUT2D eigenvalue weighted by Gasteiger charge is 2.10. The lowest BCUT2D eigenvalue weighted by Gasteiger charge is -2.11. The molecule has 0 saturated heterocycles. The molecular weight excluding hydrogens is 212 g/mol. The molecule has 0 saturated carbocycles. The molecular formula is C14H16N2O. The monoisotopic (exact) mass is 228 g/mol. The molecule has 17 heavy (non-hydrogen) atoms. The topological polar surface area (TPSA) is 46.0 Å². The smallest absolute Gasteiger partial charge is 0.115 e. The van der Waals surface area contributed by atoms with Gasteiger partial charge in [-0.25, -0.2) is 9.97 Å². The van der Waals surface area contributed by atoms with Crippen LogP contribution in [-0.2, 0) is 6.42 Å². The minimum Gasteiger partial charge on any atom is -0.384 e. The van der Waals surface area contributed by atoms with Crippen molar-refractivity contribution in [2.75, 3.05) is 0 Å². The van der Waals surface area contributed by atoms with E-state index >= 15 is 0 Å². The largest absolute Gasteiger partial charge is 0.384 e. The molecule has 0 aliphatic carbocycles. The van der Waals surface area contributed by atoms with Crippen LogP contribution >= 0.6 is 0 Å². The Morgan fingerprint density at radius 1 is 1.18 bits per heavy atom. The summed E-state index contributed by atoms with van der Waals surface area (Å²) >= 11 is 0. The van der Waals surface area contributed by atoms with Gasteiger partial charge in [-0.15, -0.1) is 0 Å². The number of rotatable bonds is 4. The third-order valence-electron chi connectivity index (χ3n) is 2.70. The van der Waals surface area contributed by atoms with Crippen molar-refractivity contribution < 1.29 is 5.11 Å². The average molecular weight is 228 g/mol. The quantitative estimate of drug-likeness (QED) is 0.874. The maximum atomic E-state index is 10.2. The Kier molecular flexibility index (Phi) is 3.83. The van der Waals surface area contributed by atoms with E-state index in [-0.39, 0.29) is 0 Å². The van der Waals surface area contributed by atoms with Crippen LogP contribution in [0, 0.1) is 0 Å². The van der Waals surface area contributed by atoms with Crippen LogP contribution in [0.1, 0.15) is 36.1 Å². The van der Waals surface area contributed by atoms with Crippen LogP contribution in [0.2, 0.25) is 0 Å². The lowest BCUT2D eigenvalue weighted by molar-refractivity contribution is 0.219. The number of hydrogen-bond donors (Lipinski definition) is 1. The maximum Gasteiger partial charge on any atom is 0.115 e. The maximum absolute atomic E-state index is 10.2. The van der Waals surface area contributed by atoms with Crippen molar-refractivity contribution in [2.24, 2.45) is 0 Å². The highest BCUT2D eigenvalue weighted by molar-refractivity contribution is 5.30. The molecule has 2 rings (SSSR count). The second kappa shape index (κ2) is 5.55. The average Bonchev–Trinajstić information content (AvgIpc) is 2.40. The number of aryl methyl sites for hydroxylation is 1. The minimum absolute atomic E-state index is 0.645. The van der Waals surface area contributed by atoms with Crippen molar-refractivity contribution in [1.82, 2.24) is 9.97 Å². The van der Waals surface area contributed by atoms with Gasteiger partial charge in [0, 0.05) is 18.0 Å². The summed E-state index contributed by atoms with van der Waals surface area (Å²) in [6.07, 6.45) is 6.24. The standard InChI is InChI=1S/C14H16N2O/c1-2-4-11-5-3-6-12(7-11)14(17)13-8-15-10-16-9-13/h3,5-10,14,17H,2,4H2,1H3. The second-order valence-electron chi connectivity index (χ2n) is 4.07. The summed E-state index contributed by atoms with van der Waals surface area (Å²) in [7, 11) is 0. The van der Waals surface area contributed by atoms with Crippen LogP contribution < -0.4 is 0 Å². The summed E-state index contributed by atoms with van der Waals surface area (Å²) in [6, 6.07) is 8.03. The number of aromatic nitrogens is 2. The Bertz CT molecular complexity index is 471. The van der Waals surface area contributed by atoms with E-state index in [1.807, 2.05) is 18.2 Å². The van der Waals surface area contributed by atoms with Crippen molar-refractivity contribution in [3.63, 3.8) is 0 Å². The zero-order valence-electron chi connectivity index (χ0n) is 9.87. The number of benzene rings is 1. The molecule has 0 amide bonds. The van der Waals surface area contributed by atoms with E-state index in [0.29, 0.717) is 0 Å². The van der Waals surface area contributed by atoms with Crippen molar-refractivity contribution >= 4 is 0 Å². The molecule has 3 nitrogen and oxygen atoms in total. The number of hydrogen-bond acceptors (Lipinski definition) is 3. The Morgan fingerprint density at radius 2 is 1.94 bits per heavy atom. The Balaban J connectivity index is 2.25. The zero-order valence-corrected chi connectivity index (χ0v) is 9.87. The first-order valence-electron chi connectivity index (χ1n) is 5.83. The fourth-order valence-corrected chi connectivity index (χ4v) is 1.85. The van der Waals surface area contributed by atoms with Gasteiger partial charge in [-0.2, -0.15) is 0 Å². The molecule has 1 N–H and O–H groups in total. The highest BCUT2D eigenvalue weighted by Crippen LogP contribution is 2.21. The molecule has 88 valence electrons. The number of nitrogens with zero attached hydrogens (tertiary/aromatic N) is 2. The molecule has 1 aromatic heterocycles. The van der Waals surface area contributed by atoms with E-state index in [9.17, 15) is 5.11 Å². The van der Waals surface area contributed by atoms with Gasteiger partial charge in [0.05, 0.1) is 0 Å². The van der Waals surface area contributed by atoms with E-state index in [1.54, 1.807) is 12.4 Å². The molecule has 0 aliphatic rings. The summed E-state index contributed by atoms with van der Waals surface area (Å²) in [4.78, 5) is 7.84. The van der Waals surface area contributed by atoms with Crippen LogP contribution in [-0.4, -0.2) is 15.1 Å². The van der Waals surface area contributed by atoms with Gasteiger partial charge in [-0.1, -0.05) is 37.6 Å². The van der Waals surface area contributed by atoms with Gasteiger partial charge in [0.2, 0.25) is 0 Å². The van der Waals surface area contributed by atoms with Gasteiger partial charge < -0.3 is 5.11 Å². The van der Waals surface area contributed by atoms with Crippen molar-refractivity contribution in [3.8, 4) is 0 Å². The molecule has 0 radical (unpaired) electrons. The summed E-state index contributed by atoms with van der Waals surface area (Å²) in [5.41, 5.74) is 2.87. The van der Waals surface area contributed by atoms with E-state index in [1.165, 1.54) is 11.9 Å². The normalized spacial score (nSPS) is 12.4. The van der Waals surface area contributed by atoms with Crippen LogP contribution in [0.3, 0.4) is 0 Å². The second-order valence-corrected chi connectivity index (χ2v) is 4.07. The first-order chi connectivity index (χ1) is 8.31. The SMILES string of the molecule is CCCc1cccc(C(O)c2cncnc2)c1. The molecule has 1 atom stereocenters. The first-order valence-corrected chi connectivity index (χ1v) is 5.83. The third kappa shape index (κ3) is 2.88. The van der Waals surface area contributed by atoms with Gasteiger partial charge in [-0.3, -0.25) is 0 Å². The molecule has 0 bridgehead atoms. The first kappa shape index (κ1) is 11.7. The van der Waals surface area contributed by atoms with Gasteiger partial charge in [-0.05, 0) is 17.5 Å². The van der Waals surface area contributed by atoms with Crippen molar-refractivity contribution in [1.29, 1.82) is 0 Å². The molecule has 0 spiro atoms. The summed E-state index contributed by atoms with van der Waals surface area (Å²) < 4.78 is 0. The van der Waals surface area contributed by atoms with Crippen molar-refractivity contribution in [2.45, 2.75) is 25.9 Å². The fourth-order valence-electron chi connectivity index (χ4n) is 1.85. The Labute approximate surface area is 101 Å². The summed E-state index contributed by atoms with van der Waals surface area (Å²) in [5.74, 6) is 0. The summed E-state index contributed by atoms with van der Waals surface area (Å²) in [6.45, 7) is 2.15. The molecule has 1 unspecified atom stereocenters. The van der Waals surface area contributed by atoms with E-state index in [4.69, 9.17) is 0 Å². The molecule has 2 aromatic rings. The molecule has 1 aromatic carbocycles. The lowest BCUT2D eigenvalue weighted by Crippen LogP contribution is -2.01. The van der Waals surface area contributed by atoms with Crippen molar-refractivity contribution in [3.05, 3.63) is 59.7 Å². The molecule has 1 heterocycles. The molecule has 0 aliphatic heterocycles. The number of aliphatic hydroxyl groups is 1. The Morgan fingerprint density at radius 3 is 2.65 bits per heavy atom. The predicted molar refractivity (Wildman–Crippen MR) is 66.5 cm³/mol. The van der Waals surface area contributed by atoms with Gasteiger partial charge in [0.1, 0.15) is 12.4 Å². The van der Waals surface area contributed by atoms with Crippen LogP contribution in [0.15, 0.2) is 43.0 Å². The lowest BCUT2D eigenvalue weighted by atomic mass is 10.0. The zero-order chi connectivity index (χ0) is 12.1. The predicted octanol–water partition coefficient (Wildman–Crippen LogP) is 2.51. The molecule has 3 heteroatoms. The Hall–Kier alpha value is -1.74. The van der Waals surface area contributed by atoms with Gasteiger partial charge in [0.25, 0.3) is 0 Å². The fraction of sp³-hybridized carbons (Fsp3) is 0.286. The number of aliphatic hydroxyl groups excluding tert-OH is 1. The molecule has 0 fully saturated rings. The highest BCUT2D eigenvalue weighted by atomic mass is 16.3. The van der Waals surface area contributed by atoms with E-state index < -0.39 is 6.10 Å². The van der Waals surface area contributed by atoms with Gasteiger partial charge >= 0.3 is 0 Å². The minimum atomic E-state index is -0.645. The van der Waals surface area contributed by atoms with E-state index in [0.717, 1.165) is 24.0 Å². The summed E-state index contributed by atoms with van der Waals surface area (Å²) in [5, 5.41) is 10.2. The van der Waals surface area contributed by atoms with E-state index in [2.05, 4.69) is 23.0 Å². The van der Waals surface area contributed by atoms with Crippen LogP contribution in [0.5, 0.6) is 0 Å².